The van der Waals surface area contributed by atoms with E-state index >= 15 is 0 Å². The first-order chi connectivity index (χ1) is 33.7. The third kappa shape index (κ3) is 6.01. The molecule has 0 amide bonds. The molecule has 0 atom stereocenters. The molecule has 0 unspecified atom stereocenters. The van der Waals surface area contributed by atoms with Crippen molar-refractivity contribution < 1.29 is 8.83 Å². The van der Waals surface area contributed by atoms with E-state index in [4.69, 9.17) is 8.83 Å². The van der Waals surface area contributed by atoms with Crippen LogP contribution >= 0.6 is 0 Å². The highest BCUT2D eigenvalue weighted by Gasteiger charge is 2.23. The Balaban J connectivity index is 0.920. The van der Waals surface area contributed by atoms with E-state index in [1.807, 2.05) is 12.1 Å². The van der Waals surface area contributed by atoms with Gasteiger partial charge in [-0.05, 0) is 112 Å². The Labute approximate surface area is 391 Å². The van der Waals surface area contributed by atoms with Crippen molar-refractivity contribution in [2.24, 2.45) is 0 Å². The molecule has 68 heavy (non-hydrogen) atoms. The van der Waals surface area contributed by atoms with Crippen LogP contribution in [0.2, 0.25) is 0 Å². The molecule has 14 aromatic rings. The number of hydrogen-bond acceptors (Lipinski definition) is 3. The molecule has 0 fully saturated rings. The highest BCUT2D eigenvalue weighted by atomic mass is 16.3. The van der Waals surface area contributed by atoms with Crippen molar-refractivity contribution in [2.45, 2.75) is 0 Å². The maximum atomic E-state index is 6.93. The Bertz CT molecular complexity index is 4200. The van der Waals surface area contributed by atoms with Crippen LogP contribution in [0.1, 0.15) is 0 Å². The fraction of sp³-hybridized carbons (Fsp3) is 0. The number of hydrogen-bond donors (Lipinski definition) is 0. The summed E-state index contributed by atoms with van der Waals surface area (Å²) < 4.78 is 15.8. The SMILES string of the molecule is c1ccc2cc(-c3ccc(N(c4ccc(-c5cccc6c5oc5ccccc56)cc4)c4ccc(-c5ccc(-n6c7ccccc7c7ccccc76)cc5)c5oc6ccccc6c45)cc3)ccc2c1. The lowest BCUT2D eigenvalue weighted by Crippen LogP contribution is -2.10. The van der Waals surface area contributed by atoms with Crippen molar-refractivity contribution >= 4 is 93.5 Å². The Kier molecular flexibility index (Phi) is 8.55. The summed E-state index contributed by atoms with van der Waals surface area (Å²) in [7, 11) is 0. The fourth-order valence-corrected chi connectivity index (χ4v) is 10.6. The van der Waals surface area contributed by atoms with E-state index in [1.165, 1.54) is 38.1 Å². The van der Waals surface area contributed by atoms with Crippen LogP contribution < -0.4 is 4.90 Å². The maximum absolute atomic E-state index is 6.93. The van der Waals surface area contributed by atoms with Gasteiger partial charge < -0.3 is 18.3 Å². The summed E-state index contributed by atoms with van der Waals surface area (Å²) in [6.45, 7) is 0. The van der Waals surface area contributed by atoms with Crippen LogP contribution in [0.15, 0.2) is 251 Å². The molecule has 0 N–H and O–H groups in total. The first kappa shape index (κ1) is 38.2. The van der Waals surface area contributed by atoms with E-state index in [0.717, 1.165) is 94.4 Å². The van der Waals surface area contributed by atoms with E-state index < -0.39 is 0 Å². The second kappa shape index (κ2) is 15.2. The average molecular weight is 869 g/mol. The molecule has 0 aliphatic carbocycles. The number of benzene rings is 11. The molecule has 318 valence electrons. The van der Waals surface area contributed by atoms with Crippen molar-refractivity contribution in [3.8, 4) is 39.1 Å². The standard InChI is InChI=1S/C64H40N2O2/c1-2-13-45-40-46(25-24-41(45)12-1)42-26-32-47(33-27-42)65(48-34-28-43(29-35-48)50-18-11-19-55-54-16-5-9-22-60(54)67-63(50)55)59-39-38-51(64-62(59)56-17-6-10-23-61(56)68-64)44-30-36-49(37-31-44)66-57-20-7-3-14-52(57)53-15-4-8-21-58(53)66/h1-40H. The third-order valence-electron chi connectivity index (χ3n) is 13.8. The molecule has 0 saturated heterocycles. The van der Waals surface area contributed by atoms with Gasteiger partial charge in [-0.25, -0.2) is 0 Å². The van der Waals surface area contributed by atoms with Gasteiger partial charge in [0.15, 0.2) is 0 Å². The highest BCUT2D eigenvalue weighted by molar-refractivity contribution is 6.17. The summed E-state index contributed by atoms with van der Waals surface area (Å²) in [5.74, 6) is 0. The molecule has 0 spiro atoms. The van der Waals surface area contributed by atoms with E-state index in [-0.39, 0.29) is 0 Å². The van der Waals surface area contributed by atoms with E-state index in [0.29, 0.717) is 0 Å². The Morgan fingerprint density at radius 1 is 0.324 bits per heavy atom. The van der Waals surface area contributed by atoms with Crippen molar-refractivity contribution in [3.05, 3.63) is 243 Å². The zero-order valence-electron chi connectivity index (χ0n) is 36.8. The van der Waals surface area contributed by atoms with Gasteiger partial charge in [0, 0.05) is 55.1 Å². The number of furan rings is 2. The van der Waals surface area contributed by atoms with Crippen molar-refractivity contribution in [1.29, 1.82) is 0 Å². The summed E-state index contributed by atoms with van der Waals surface area (Å²) in [5, 5.41) is 9.31. The van der Waals surface area contributed by atoms with Crippen molar-refractivity contribution in [1.82, 2.24) is 4.57 Å². The van der Waals surface area contributed by atoms with Crippen LogP contribution in [0.4, 0.5) is 17.1 Å². The summed E-state index contributed by atoms with van der Waals surface area (Å²) in [6, 6.07) is 86.9. The number of nitrogens with zero attached hydrogens (tertiary/aromatic N) is 2. The number of para-hydroxylation sites is 5. The zero-order chi connectivity index (χ0) is 44.7. The molecule has 11 aromatic carbocycles. The second-order valence-electron chi connectivity index (χ2n) is 17.6. The quantitative estimate of drug-likeness (QED) is 0.160. The monoisotopic (exact) mass is 868 g/mol. The number of fused-ring (bicyclic) bond motifs is 10. The van der Waals surface area contributed by atoms with Crippen molar-refractivity contribution in [2.75, 3.05) is 4.90 Å². The van der Waals surface area contributed by atoms with Gasteiger partial charge in [-0.1, -0.05) is 164 Å². The first-order valence-corrected chi connectivity index (χ1v) is 23.2. The zero-order valence-corrected chi connectivity index (χ0v) is 36.8. The van der Waals surface area contributed by atoms with Crippen LogP contribution in [0.5, 0.6) is 0 Å². The lowest BCUT2D eigenvalue weighted by molar-refractivity contribution is 0.669. The van der Waals surface area contributed by atoms with Crippen LogP contribution in [-0.4, -0.2) is 4.57 Å². The fourth-order valence-electron chi connectivity index (χ4n) is 10.6. The molecule has 3 heterocycles. The topological polar surface area (TPSA) is 34.5 Å². The molecule has 0 radical (unpaired) electrons. The van der Waals surface area contributed by atoms with Gasteiger partial charge >= 0.3 is 0 Å². The Hall–Kier alpha value is -9.12. The highest BCUT2D eigenvalue weighted by Crippen LogP contribution is 2.47. The molecule has 14 rings (SSSR count). The van der Waals surface area contributed by atoms with Crippen LogP contribution in [0.25, 0.3) is 116 Å². The van der Waals surface area contributed by atoms with Crippen LogP contribution in [0.3, 0.4) is 0 Å². The Morgan fingerprint density at radius 3 is 1.54 bits per heavy atom. The molecule has 0 saturated carbocycles. The molecule has 0 aliphatic rings. The minimum atomic E-state index is 0.846. The van der Waals surface area contributed by atoms with Gasteiger partial charge in [0.1, 0.15) is 22.3 Å². The lowest BCUT2D eigenvalue weighted by atomic mass is 9.98. The van der Waals surface area contributed by atoms with Gasteiger partial charge in [-0.15, -0.1) is 0 Å². The first-order valence-electron chi connectivity index (χ1n) is 23.2. The number of anilines is 3. The van der Waals surface area contributed by atoms with Crippen LogP contribution in [-0.2, 0) is 0 Å². The normalized spacial score (nSPS) is 11.8. The largest absolute Gasteiger partial charge is 0.455 e. The second-order valence-corrected chi connectivity index (χ2v) is 17.6. The molecule has 4 heteroatoms. The molecule has 0 aliphatic heterocycles. The van der Waals surface area contributed by atoms with Gasteiger partial charge in [-0.3, -0.25) is 0 Å². The minimum absolute atomic E-state index is 0.846. The summed E-state index contributed by atoms with van der Waals surface area (Å²) in [5.41, 5.74) is 16.7. The molecule has 0 bridgehead atoms. The summed E-state index contributed by atoms with van der Waals surface area (Å²) in [6.07, 6.45) is 0. The average Bonchev–Trinajstić information content (AvgIpc) is 4.10. The van der Waals surface area contributed by atoms with E-state index in [2.05, 4.69) is 240 Å². The number of aromatic nitrogens is 1. The molecule has 4 nitrogen and oxygen atoms in total. The van der Waals surface area contributed by atoms with Crippen LogP contribution in [0, 0.1) is 0 Å². The van der Waals surface area contributed by atoms with Gasteiger partial charge in [0.2, 0.25) is 0 Å². The van der Waals surface area contributed by atoms with E-state index in [1.54, 1.807) is 0 Å². The third-order valence-corrected chi connectivity index (χ3v) is 13.8. The summed E-state index contributed by atoms with van der Waals surface area (Å²) >= 11 is 0. The van der Waals surface area contributed by atoms with Gasteiger partial charge in [0.25, 0.3) is 0 Å². The van der Waals surface area contributed by atoms with E-state index in [9.17, 15) is 0 Å². The smallest absolute Gasteiger partial charge is 0.145 e. The summed E-state index contributed by atoms with van der Waals surface area (Å²) in [4.78, 5) is 2.37. The predicted octanol–water partition coefficient (Wildman–Crippen LogP) is 18.2. The maximum Gasteiger partial charge on any atom is 0.145 e. The van der Waals surface area contributed by atoms with Crippen molar-refractivity contribution in [3.63, 3.8) is 0 Å². The molecule has 3 aromatic heterocycles. The predicted molar refractivity (Wildman–Crippen MR) is 284 cm³/mol. The van der Waals surface area contributed by atoms with Gasteiger partial charge in [0.05, 0.1) is 22.1 Å². The van der Waals surface area contributed by atoms with Gasteiger partial charge in [-0.2, -0.15) is 0 Å². The lowest BCUT2D eigenvalue weighted by Gasteiger charge is -2.27. The number of rotatable bonds is 7. The molecular weight excluding hydrogens is 829 g/mol. The molecular formula is C64H40N2O2. The Morgan fingerprint density at radius 2 is 0.838 bits per heavy atom. The minimum Gasteiger partial charge on any atom is -0.455 e.